The third-order valence-electron chi connectivity index (χ3n) is 2.23. The van der Waals surface area contributed by atoms with Crippen molar-refractivity contribution < 1.29 is 1.43 Å². The van der Waals surface area contributed by atoms with Crippen LogP contribution in [0.2, 0.25) is 0 Å². The Morgan fingerprint density at radius 3 is 3.17 bits per heavy atom. The van der Waals surface area contributed by atoms with E-state index in [4.69, 9.17) is 0 Å². The second-order valence-corrected chi connectivity index (χ2v) is 3.18. The van der Waals surface area contributed by atoms with Gasteiger partial charge in [-0.2, -0.15) is 0 Å². The summed E-state index contributed by atoms with van der Waals surface area (Å²) in [5.41, 5.74) is 2.65. The molecule has 0 saturated heterocycles. The fourth-order valence-electron chi connectivity index (χ4n) is 1.58. The molecule has 2 rings (SSSR count). The number of H-pyrrole nitrogens is 1. The average Bonchev–Trinajstić information content (AvgIpc) is 2.54. The van der Waals surface area contributed by atoms with Crippen LogP contribution >= 0.6 is 22.6 Å². The highest BCUT2D eigenvalue weighted by Crippen LogP contribution is 2.21. The lowest BCUT2D eigenvalue weighted by molar-refractivity contribution is 0.492. The number of halogens is 1. The fraction of sp³-hybridized carbons (Fsp3) is 0.667. The number of rotatable bonds is 0. The quantitative estimate of drug-likeness (QED) is 0.574. The van der Waals surface area contributed by atoms with Gasteiger partial charge >= 0.3 is 0 Å². The van der Waals surface area contributed by atoms with Gasteiger partial charge in [0.25, 0.3) is 0 Å². The molecule has 1 aromatic rings. The van der Waals surface area contributed by atoms with Gasteiger partial charge in [0, 0.05) is 7.12 Å². The lowest BCUT2D eigenvalue weighted by Gasteiger charge is -2.15. The van der Waals surface area contributed by atoms with Gasteiger partial charge in [-0.05, 0) is 30.1 Å². The number of imidazole rings is 1. The van der Waals surface area contributed by atoms with Crippen molar-refractivity contribution in [2.75, 3.05) is 4.93 Å². The summed E-state index contributed by atoms with van der Waals surface area (Å²) in [6.07, 6.45) is 5.47. The van der Waals surface area contributed by atoms with E-state index in [2.05, 4.69) is 39.5 Å². The van der Waals surface area contributed by atoms with E-state index in [1.807, 2.05) is 11.3 Å². The monoisotopic (exact) mass is 280 g/mol. The van der Waals surface area contributed by atoms with E-state index in [1.54, 1.807) is 0 Å². The van der Waals surface area contributed by atoms with Crippen LogP contribution < -0.4 is 0 Å². The number of aromatic nitrogens is 2. The van der Waals surface area contributed by atoms with Crippen LogP contribution in [0.25, 0.3) is 0 Å². The second-order valence-electron chi connectivity index (χ2n) is 3.18. The number of nitrogens with zero attached hydrogens (tertiary/aromatic N) is 1. The first-order valence-electron chi connectivity index (χ1n) is 4.25. The van der Waals surface area contributed by atoms with E-state index < -0.39 is 0 Å². The van der Waals surface area contributed by atoms with E-state index in [9.17, 15) is 0 Å². The minimum Gasteiger partial charge on any atom is -0.348 e. The van der Waals surface area contributed by atoms with Crippen LogP contribution in [0.3, 0.4) is 0 Å². The Balaban J connectivity index is 0.000000451. The van der Waals surface area contributed by atoms with Gasteiger partial charge in [0.05, 0.1) is 12.0 Å². The van der Waals surface area contributed by atoms with E-state index in [1.165, 1.54) is 30.7 Å². The maximum absolute atomic E-state index is 4.24. The lowest BCUT2D eigenvalue weighted by Crippen LogP contribution is -2.10. The van der Waals surface area contributed by atoms with Crippen molar-refractivity contribution in [1.82, 2.24) is 9.97 Å². The van der Waals surface area contributed by atoms with Gasteiger partial charge in [-0.3, -0.25) is 0 Å². The normalized spacial score (nSPS) is 20.8. The predicted octanol–water partition coefficient (Wildman–Crippen LogP) is 2.83. The summed E-state index contributed by atoms with van der Waals surface area (Å²) in [6, 6.07) is 0. The zero-order chi connectivity index (χ0) is 8.97. The van der Waals surface area contributed by atoms with E-state index >= 15 is 0 Å². The zero-order valence-electron chi connectivity index (χ0n) is 7.60. The topological polar surface area (TPSA) is 28.7 Å². The third kappa shape index (κ3) is 2.21. The molecule has 1 unspecified atom stereocenters. The molecular formula is C9H17IN2. The van der Waals surface area contributed by atoms with Crippen LogP contribution in [-0.2, 0) is 12.8 Å². The molecule has 0 amide bonds. The van der Waals surface area contributed by atoms with Crippen LogP contribution in [0.15, 0.2) is 6.33 Å². The molecule has 0 radical (unpaired) electrons. The summed E-state index contributed by atoms with van der Waals surface area (Å²) in [7, 11) is 0. The number of fused-ring (bicyclic) bond motifs is 1. The number of aryl methyl sites for hydroxylation is 1. The zero-order valence-corrected chi connectivity index (χ0v) is 9.76. The third-order valence-corrected chi connectivity index (χ3v) is 2.23. The summed E-state index contributed by atoms with van der Waals surface area (Å²) in [5, 5.41) is 0. The Morgan fingerprint density at radius 2 is 2.42 bits per heavy atom. The highest BCUT2D eigenvalue weighted by Gasteiger charge is 2.15. The van der Waals surface area contributed by atoms with Gasteiger partial charge in [0.15, 0.2) is 0 Å². The molecule has 0 saturated carbocycles. The van der Waals surface area contributed by atoms with Crippen LogP contribution in [0, 0.1) is 5.92 Å². The molecule has 0 aromatic carbocycles. The minimum atomic E-state index is 0. The predicted molar refractivity (Wildman–Crippen MR) is 61.8 cm³/mol. The van der Waals surface area contributed by atoms with Gasteiger partial charge in [-0.25, -0.2) is 4.98 Å². The Morgan fingerprint density at radius 1 is 1.67 bits per heavy atom. The molecule has 1 atom stereocenters. The van der Waals surface area contributed by atoms with Crippen molar-refractivity contribution in [2.24, 2.45) is 5.92 Å². The van der Waals surface area contributed by atoms with E-state index in [-0.39, 0.29) is 1.43 Å². The SMILES string of the molecule is CC1CCc2nc[nH]c2C1.CI.[HH]. The average molecular weight is 280 g/mol. The molecular weight excluding hydrogens is 263 g/mol. The maximum atomic E-state index is 4.24. The highest BCUT2D eigenvalue weighted by atomic mass is 127. The first kappa shape index (κ1) is 10.0. The fourth-order valence-corrected chi connectivity index (χ4v) is 1.58. The molecule has 70 valence electrons. The second kappa shape index (κ2) is 4.84. The number of aromatic amines is 1. The van der Waals surface area contributed by atoms with Crippen LogP contribution in [0.4, 0.5) is 0 Å². The number of nitrogens with one attached hydrogen (secondary N) is 1. The molecule has 1 N–H and O–H groups in total. The van der Waals surface area contributed by atoms with Gasteiger partial charge < -0.3 is 4.98 Å². The first-order chi connectivity index (χ1) is 5.86. The maximum Gasteiger partial charge on any atom is 0.0925 e. The molecule has 1 aliphatic carbocycles. The van der Waals surface area contributed by atoms with E-state index in [0.29, 0.717) is 0 Å². The van der Waals surface area contributed by atoms with Crippen molar-refractivity contribution in [3.8, 4) is 0 Å². The Hall–Kier alpha value is -0.0600. The number of alkyl halides is 1. The molecule has 0 bridgehead atoms. The number of hydrogen-bond acceptors (Lipinski definition) is 1. The molecule has 0 spiro atoms. The standard InChI is InChI=1S/C8H12N2.CH3I.H2/c1-6-2-3-7-8(4-6)10-5-9-7;1-2;/h5-6H,2-4H2,1H3,(H,9,10);1H3;1H. The minimum absolute atomic E-state index is 0. The molecule has 0 fully saturated rings. The molecule has 12 heavy (non-hydrogen) atoms. The smallest absolute Gasteiger partial charge is 0.0925 e. The Labute approximate surface area is 88.8 Å². The summed E-state index contributed by atoms with van der Waals surface area (Å²) < 4.78 is 0. The molecule has 3 heteroatoms. The van der Waals surface area contributed by atoms with Crippen molar-refractivity contribution in [2.45, 2.75) is 26.2 Å². The summed E-state index contributed by atoms with van der Waals surface area (Å²) >= 11 is 2.15. The lowest BCUT2D eigenvalue weighted by atomic mass is 9.92. The van der Waals surface area contributed by atoms with Crippen LogP contribution in [-0.4, -0.2) is 14.9 Å². The van der Waals surface area contributed by atoms with Crippen molar-refractivity contribution in [1.29, 1.82) is 0 Å². The van der Waals surface area contributed by atoms with Gasteiger partial charge in [0.2, 0.25) is 0 Å². The van der Waals surface area contributed by atoms with Crippen molar-refractivity contribution in [3.05, 3.63) is 17.7 Å². The Bertz CT molecular complexity index is 237. The van der Waals surface area contributed by atoms with Crippen molar-refractivity contribution >= 4 is 22.6 Å². The summed E-state index contributed by atoms with van der Waals surface area (Å²) in [5.74, 6) is 0.841. The summed E-state index contributed by atoms with van der Waals surface area (Å²) in [6.45, 7) is 2.30. The molecule has 1 aliphatic rings. The van der Waals surface area contributed by atoms with E-state index in [0.717, 1.165) is 5.92 Å². The molecule has 0 aliphatic heterocycles. The first-order valence-corrected chi connectivity index (χ1v) is 6.41. The van der Waals surface area contributed by atoms with Gasteiger partial charge in [-0.1, -0.05) is 29.5 Å². The van der Waals surface area contributed by atoms with Gasteiger partial charge in [-0.15, -0.1) is 0 Å². The molecule has 1 heterocycles. The van der Waals surface area contributed by atoms with Crippen molar-refractivity contribution in [3.63, 3.8) is 0 Å². The van der Waals surface area contributed by atoms with Crippen LogP contribution in [0.5, 0.6) is 0 Å². The summed E-state index contributed by atoms with van der Waals surface area (Å²) in [4.78, 5) is 9.38. The largest absolute Gasteiger partial charge is 0.348 e. The Kier molecular flexibility index (Phi) is 4.05. The molecule has 2 nitrogen and oxygen atoms in total. The highest BCUT2D eigenvalue weighted by molar-refractivity contribution is 14.1. The van der Waals surface area contributed by atoms with Gasteiger partial charge in [0.1, 0.15) is 0 Å². The van der Waals surface area contributed by atoms with Crippen LogP contribution in [0.1, 0.15) is 26.2 Å². The number of hydrogen-bond donors (Lipinski definition) is 1. The molecule has 1 aromatic heterocycles.